The third kappa shape index (κ3) is 2.11. The number of phenols is 1. The van der Waals surface area contributed by atoms with E-state index in [1.54, 1.807) is 12.1 Å². The number of rotatable bonds is 2. The summed E-state index contributed by atoms with van der Waals surface area (Å²) in [5.74, 6) is -0.577. The highest BCUT2D eigenvalue weighted by atomic mass is 32.2. The molecular formula is C14H12N2O4S. The molecule has 21 heavy (non-hydrogen) atoms. The SMILES string of the molecule is Nc1ccc2c(c1)S(=O)(=O)N(Cc1cccc(O)c1)C2=O. The molecule has 0 saturated carbocycles. The fourth-order valence-corrected chi connectivity index (χ4v) is 3.86. The number of nitrogens with two attached hydrogens (primary N) is 1. The Hall–Kier alpha value is -2.54. The first-order valence-electron chi connectivity index (χ1n) is 6.14. The number of anilines is 1. The summed E-state index contributed by atoms with van der Waals surface area (Å²) in [5.41, 5.74) is 6.51. The van der Waals surface area contributed by atoms with Crippen LogP contribution < -0.4 is 5.73 Å². The van der Waals surface area contributed by atoms with Gasteiger partial charge in [0.2, 0.25) is 0 Å². The maximum absolute atomic E-state index is 12.4. The van der Waals surface area contributed by atoms with Gasteiger partial charge in [0, 0.05) is 5.69 Å². The average Bonchev–Trinajstić information content (AvgIpc) is 2.60. The van der Waals surface area contributed by atoms with Crippen LogP contribution in [0.4, 0.5) is 5.69 Å². The Bertz CT molecular complexity index is 846. The zero-order valence-electron chi connectivity index (χ0n) is 10.9. The number of nitrogens with zero attached hydrogens (tertiary/aromatic N) is 1. The van der Waals surface area contributed by atoms with Crippen LogP contribution in [0.15, 0.2) is 47.4 Å². The maximum Gasteiger partial charge on any atom is 0.269 e. The van der Waals surface area contributed by atoms with Gasteiger partial charge in [0.15, 0.2) is 0 Å². The zero-order chi connectivity index (χ0) is 15.2. The molecule has 0 unspecified atom stereocenters. The normalized spacial score (nSPS) is 16.0. The molecule has 108 valence electrons. The molecule has 1 amide bonds. The van der Waals surface area contributed by atoms with Gasteiger partial charge in [-0.15, -0.1) is 0 Å². The molecule has 6 nitrogen and oxygen atoms in total. The van der Waals surface area contributed by atoms with E-state index in [1.165, 1.54) is 30.3 Å². The highest BCUT2D eigenvalue weighted by Crippen LogP contribution is 2.33. The minimum absolute atomic E-state index is 0.0123. The van der Waals surface area contributed by atoms with Crippen LogP contribution in [0, 0.1) is 0 Å². The van der Waals surface area contributed by atoms with Crippen molar-refractivity contribution in [1.82, 2.24) is 4.31 Å². The van der Waals surface area contributed by atoms with Crippen LogP contribution in [0.25, 0.3) is 0 Å². The van der Waals surface area contributed by atoms with E-state index >= 15 is 0 Å². The Morgan fingerprint density at radius 1 is 1.14 bits per heavy atom. The lowest BCUT2D eigenvalue weighted by molar-refractivity contribution is 0.0865. The molecule has 3 N–H and O–H groups in total. The highest BCUT2D eigenvalue weighted by molar-refractivity contribution is 7.90. The van der Waals surface area contributed by atoms with Gasteiger partial charge in [-0.25, -0.2) is 12.7 Å². The predicted octanol–water partition coefficient (Wildman–Crippen LogP) is 1.32. The van der Waals surface area contributed by atoms with Crippen LogP contribution in [-0.2, 0) is 16.6 Å². The standard InChI is InChI=1S/C14H12N2O4S/c15-10-4-5-12-13(7-10)21(19,20)16(14(12)18)8-9-2-1-3-11(17)6-9/h1-7,17H,8,15H2. The molecule has 0 aromatic heterocycles. The third-order valence-corrected chi connectivity index (χ3v) is 5.04. The van der Waals surface area contributed by atoms with Gasteiger partial charge in [-0.2, -0.15) is 0 Å². The lowest BCUT2D eigenvalue weighted by Gasteiger charge is -2.15. The van der Waals surface area contributed by atoms with E-state index in [0.29, 0.717) is 5.56 Å². The Kier molecular flexibility index (Phi) is 2.87. The summed E-state index contributed by atoms with van der Waals surface area (Å²) in [5, 5.41) is 9.42. The van der Waals surface area contributed by atoms with Gasteiger partial charge in [-0.1, -0.05) is 12.1 Å². The molecule has 0 fully saturated rings. The number of amides is 1. The van der Waals surface area contributed by atoms with Crippen LogP contribution in [-0.4, -0.2) is 23.7 Å². The van der Waals surface area contributed by atoms with E-state index < -0.39 is 15.9 Å². The fraction of sp³-hybridized carbons (Fsp3) is 0.0714. The molecule has 1 aliphatic heterocycles. The molecule has 2 aromatic carbocycles. The summed E-state index contributed by atoms with van der Waals surface area (Å²) in [7, 11) is -3.91. The monoisotopic (exact) mass is 304 g/mol. The summed E-state index contributed by atoms with van der Waals surface area (Å²) in [6.45, 7) is -0.135. The van der Waals surface area contributed by atoms with Gasteiger partial charge < -0.3 is 10.8 Å². The van der Waals surface area contributed by atoms with Gasteiger partial charge in [-0.05, 0) is 35.9 Å². The average molecular weight is 304 g/mol. The minimum atomic E-state index is -3.91. The molecule has 1 heterocycles. The number of phenolic OH excluding ortho intramolecular Hbond substituents is 1. The Morgan fingerprint density at radius 3 is 2.62 bits per heavy atom. The number of hydrogen-bond acceptors (Lipinski definition) is 5. The van der Waals surface area contributed by atoms with E-state index in [4.69, 9.17) is 5.73 Å². The van der Waals surface area contributed by atoms with Crippen LogP contribution >= 0.6 is 0 Å². The zero-order valence-corrected chi connectivity index (χ0v) is 11.7. The first-order chi connectivity index (χ1) is 9.89. The number of hydrogen-bond donors (Lipinski definition) is 2. The van der Waals surface area contributed by atoms with Crippen molar-refractivity contribution in [1.29, 1.82) is 0 Å². The summed E-state index contributed by atoms with van der Waals surface area (Å²) in [6.07, 6.45) is 0. The van der Waals surface area contributed by atoms with Crippen molar-refractivity contribution in [3.05, 3.63) is 53.6 Å². The van der Waals surface area contributed by atoms with Crippen LogP contribution in [0.3, 0.4) is 0 Å². The predicted molar refractivity (Wildman–Crippen MR) is 76.0 cm³/mol. The summed E-state index contributed by atoms with van der Waals surface area (Å²) < 4.78 is 25.6. The topological polar surface area (TPSA) is 101 Å². The molecule has 7 heteroatoms. The smallest absolute Gasteiger partial charge is 0.269 e. The molecule has 0 saturated heterocycles. The number of sulfonamides is 1. The van der Waals surface area contributed by atoms with E-state index in [2.05, 4.69) is 0 Å². The van der Waals surface area contributed by atoms with Crippen LogP contribution in [0.1, 0.15) is 15.9 Å². The van der Waals surface area contributed by atoms with Crippen molar-refractivity contribution in [3.8, 4) is 5.75 Å². The summed E-state index contributed by atoms with van der Waals surface area (Å²) in [4.78, 5) is 12.2. The molecule has 0 bridgehead atoms. The quantitative estimate of drug-likeness (QED) is 0.815. The third-order valence-electron chi connectivity index (χ3n) is 3.27. The first kappa shape index (κ1) is 13.4. The van der Waals surface area contributed by atoms with E-state index in [0.717, 1.165) is 4.31 Å². The molecule has 0 atom stereocenters. The molecule has 2 aromatic rings. The maximum atomic E-state index is 12.4. The Labute approximate surface area is 121 Å². The number of nitrogen functional groups attached to an aromatic ring is 1. The number of carbonyl (C=O) groups excluding carboxylic acids is 1. The second kappa shape index (κ2) is 4.49. The van der Waals surface area contributed by atoms with Gasteiger partial charge in [0.25, 0.3) is 15.9 Å². The summed E-state index contributed by atoms with van der Waals surface area (Å²) in [6, 6.07) is 10.3. The highest BCUT2D eigenvalue weighted by Gasteiger charge is 2.41. The second-order valence-electron chi connectivity index (χ2n) is 4.74. The second-order valence-corrected chi connectivity index (χ2v) is 6.57. The number of aromatic hydroxyl groups is 1. The fourth-order valence-electron chi connectivity index (χ4n) is 2.27. The molecule has 1 aliphatic rings. The van der Waals surface area contributed by atoms with E-state index in [1.807, 2.05) is 0 Å². The van der Waals surface area contributed by atoms with Crippen molar-refractivity contribution in [3.63, 3.8) is 0 Å². The number of carbonyl (C=O) groups is 1. The van der Waals surface area contributed by atoms with Gasteiger partial charge in [0.1, 0.15) is 10.6 Å². The van der Waals surface area contributed by atoms with Crippen molar-refractivity contribution in [2.45, 2.75) is 11.4 Å². The van der Waals surface area contributed by atoms with Crippen molar-refractivity contribution in [2.75, 3.05) is 5.73 Å². The lowest BCUT2D eigenvalue weighted by Crippen LogP contribution is -2.29. The van der Waals surface area contributed by atoms with Crippen LogP contribution in [0.2, 0.25) is 0 Å². The van der Waals surface area contributed by atoms with Crippen molar-refractivity contribution < 1.29 is 18.3 Å². The van der Waals surface area contributed by atoms with E-state index in [-0.39, 0.29) is 28.4 Å². The molecule has 0 aliphatic carbocycles. The molecule has 0 spiro atoms. The number of fused-ring (bicyclic) bond motifs is 1. The first-order valence-corrected chi connectivity index (χ1v) is 7.58. The van der Waals surface area contributed by atoms with Gasteiger partial charge in [0.05, 0.1) is 12.1 Å². The van der Waals surface area contributed by atoms with Crippen LogP contribution in [0.5, 0.6) is 5.75 Å². The minimum Gasteiger partial charge on any atom is -0.508 e. The van der Waals surface area contributed by atoms with Crippen molar-refractivity contribution >= 4 is 21.6 Å². The summed E-state index contributed by atoms with van der Waals surface area (Å²) >= 11 is 0. The largest absolute Gasteiger partial charge is 0.508 e. The van der Waals surface area contributed by atoms with E-state index in [9.17, 15) is 18.3 Å². The molecule has 3 rings (SSSR count). The lowest BCUT2D eigenvalue weighted by atomic mass is 10.1. The Balaban J connectivity index is 2.04. The van der Waals surface area contributed by atoms with Gasteiger partial charge in [-0.3, -0.25) is 4.79 Å². The van der Waals surface area contributed by atoms with Crippen molar-refractivity contribution in [2.24, 2.45) is 0 Å². The number of benzene rings is 2. The molecular weight excluding hydrogens is 292 g/mol. The Morgan fingerprint density at radius 2 is 1.90 bits per heavy atom. The molecule has 0 radical (unpaired) electrons. The van der Waals surface area contributed by atoms with Gasteiger partial charge >= 0.3 is 0 Å².